The zero-order valence-electron chi connectivity index (χ0n) is 12.6. The lowest BCUT2D eigenvalue weighted by Crippen LogP contribution is -2.54. The molecule has 2 aliphatic rings. The summed E-state index contributed by atoms with van der Waals surface area (Å²) in [5.41, 5.74) is 3.38. The first-order chi connectivity index (χ1) is 9.60. The van der Waals surface area contributed by atoms with Gasteiger partial charge in [0.25, 0.3) is 0 Å². The summed E-state index contributed by atoms with van der Waals surface area (Å²) in [5.74, 6) is 1.43. The number of amides is 1. The fraction of sp³-hybridized carbons (Fsp3) is 0.611. The van der Waals surface area contributed by atoms with Crippen LogP contribution in [0, 0.1) is 11.3 Å². The highest BCUT2D eigenvalue weighted by molar-refractivity contribution is 5.49. The van der Waals surface area contributed by atoms with E-state index in [-0.39, 0.29) is 0 Å². The smallest absolute Gasteiger partial charge is 0.209 e. The number of carbonyl (C=O) groups is 1. The van der Waals surface area contributed by atoms with Gasteiger partial charge >= 0.3 is 0 Å². The topological polar surface area (TPSA) is 20.3 Å². The molecular weight excluding hydrogens is 246 g/mol. The van der Waals surface area contributed by atoms with E-state index in [1.807, 2.05) is 4.90 Å². The summed E-state index contributed by atoms with van der Waals surface area (Å²) in [5, 5.41) is 0. The van der Waals surface area contributed by atoms with Gasteiger partial charge in [0.2, 0.25) is 6.41 Å². The van der Waals surface area contributed by atoms with Crippen molar-refractivity contribution < 1.29 is 4.79 Å². The molecule has 1 aliphatic carbocycles. The summed E-state index contributed by atoms with van der Waals surface area (Å²) in [6.45, 7) is 6.48. The van der Waals surface area contributed by atoms with E-state index in [4.69, 9.17) is 0 Å². The van der Waals surface area contributed by atoms with Gasteiger partial charge in [-0.2, -0.15) is 0 Å². The standard InChI is InChI=1S/C18H25NO/c1-14(2)17-5-3-15(4-6-17)9-16-7-8-18(10-16)11-19(12-18)13-20/h3-6,13-14,16H,7-12H2,1-2H3. The van der Waals surface area contributed by atoms with Crippen LogP contribution in [0.3, 0.4) is 0 Å². The predicted molar refractivity (Wildman–Crippen MR) is 81.6 cm³/mol. The van der Waals surface area contributed by atoms with Crippen LogP contribution in [0.5, 0.6) is 0 Å². The average molecular weight is 271 g/mol. The van der Waals surface area contributed by atoms with Crippen LogP contribution >= 0.6 is 0 Å². The molecule has 3 rings (SSSR count). The second-order valence-corrected chi connectivity index (χ2v) is 7.22. The molecule has 1 saturated carbocycles. The van der Waals surface area contributed by atoms with E-state index in [1.54, 1.807) is 0 Å². The fourth-order valence-electron chi connectivity index (χ4n) is 4.05. The molecule has 20 heavy (non-hydrogen) atoms. The quantitative estimate of drug-likeness (QED) is 0.766. The van der Waals surface area contributed by atoms with Crippen molar-refractivity contribution in [1.29, 1.82) is 0 Å². The van der Waals surface area contributed by atoms with Gasteiger partial charge in [-0.05, 0) is 48.6 Å². The third-order valence-corrected chi connectivity index (χ3v) is 5.20. The Balaban J connectivity index is 1.56. The van der Waals surface area contributed by atoms with Gasteiger partial charge in [-0.25, -0.2) is 0 Å². The van der Waals surface area contributed by atoms with E-state index < -0.39 is 0 Å². The summed E-state index contributed by atoms with van der Waals surface area (Å²) in [4.78, 5) is 12.6. The van der Waals surface area contributed by atoms with Gasteiger partial charge in [-0.3, -0.25) is 4.79 Å². The van der Waals surface area contributed by atoms with Crippen molar-refractivity contribution in [3.05, 3.63) is 35.4 Å². The minimum absolute atomic E-state index is 0.476. The Bertz CT molecular complexity index is 471. The molecule has 1 heterocycles. The van der Waals surface area contributed by atoms with Crippen molar-refractivity contribution in [3.8, 4) is 0 Å². The maximum Gasteiger partial charge on any atom is 0.209 e. The van der Waals surface area contributed by atoms with Crippen LogP contribution in [0.25, 0.3) is 0 Å². The molecule has 1 aromatic rings. The highest BCUT2D eigenvalue weighted by Crippen LogP contribution is 2.48. The summed E-state index contributed by atoms with van der Waals surface area (Å²) >= 11 is 0. The zero-order valence-corrected chi connectivity index (χ0v) is 12.6. The largest absolute Gasteiger partial charge is 0.344 e. The van der Waals surface area contributed by atoms with E-state index in [0.29, 0.717) is 11.3 Å². The number of benzene rings is 1. The fourth-order valence-corrected chi connectivity index (χ4v) is 4.05. The molecule has 1 aliphatic heterocycles. The van der Waals surface area contributed by atoms with Gasteiger partial charge in [0.05, 0.1) is 0 Å². The SMILES string of the molecule is CC(C)c1ccc(CC2CCC3(C2)CN(C=O)C3)cc1. The lowest BCUT2D eigenvalue weighted by Gasteiger charge is -2.46. The summed E-state index contributed by atoms with van der Waals surface area (Å²) in [6.07, 6.45) is 6.17. The minimum Gasteiger partial charge on any atom is -0.344 e. The molecule has 2 nitrogen and oxygen atoms in total. The highest BCUT2D eigenvalue weighted by atomic mass is 16.1. The Kier molecular flexibility index (Phi) is 3.57. The molecule has 2 heteroatoms. The Morgan fingerprint density at radius 1 is 1.30 bits per heavy atom. The van der Waals surface area contributed by atoms with Crippen LogP contribution in [-0.2, 0) is 11.2 Å². The molecule has 1 aromatic carbocycles. The third kappa shape index (κ3) is 2.61. The number of rotatable bonds is 4. The van der Waals surface area contributed by atoms with Gasteiger partial charge < -0.3 is 4.90 Å². The lowest BCUT2D eigenvalue weighted by atomic mass is 9.77. The number of likely N-dealkylation sites (tertiary alicyclic amines) is 1. The van der Waals surface area contributed by atoms with Crippen molar-refractivity contribution in [3.63, 3.8) is 0 Å². The van der Waals surface area contributed by atoms with Crippen molar-refractivity contribution in [2.24, 2.45) is 11.3 Å². The van der Waals surface area contributed by atoms with E-state index in [0.717, 1.165) is 25.4 Å². The van der Waals surface area contributed by atoms with Crippen molar-refractivity contribution in [2.45, 2.75) is 45.4 Å². The zero-order chi connectivity index (χ0) is 14.2. The Morgan fingerprint density at radius 3 is 2.60 bits per heavy atom. The first-order valence-corrected chi connectivity index (χ1v) is 7.88. The van der Waals surface area contributed by atoms with Crippen molar-refractivity contribution in [2.75, 3.05) is 13.1 Å². The van der Waals surface area contributed by atoms with E-state index in [9.17, 15) is 4.79 Å². The summed E-state index contributed by atoms with van der Waals surface area (Å²) < 4.78 is 0. The lowest BCUT2D eigenvalue weighted by molar-refractivity contribution is -0.129. The molecule has 1 spiro atoms. The average Bonchev–Trinajstić information content (AvgIpc) is 2.81. The third-order valence-electron chi connectivity index (χ3n) is 5.20. The Labute approximate surface area is 122 Å². The summed E-state index contributed by atoms with van der Waals surface area (Å²) in [6, 6.07) is 9.17. The Morgan fingerprint density at radius 2 is 2.00 bits per heavy atom. The molecule has 0 radical (unpaired) electrons. The van der Waals surface area contributed by atoms with Crippen LogP contribution in [0.2, 0.25) is 0 Å². The highest BCUT2D eigenvalue weighted by Gasteiger charge is 2.47. The molecule has 2 fully saturated rings. The second-order valence-electron chi connectivity index (χ2n) is 7.22. The van der Waals surface area contributed by atoms with Gasteiger partial charge in [0.15, 0.2) is 0 Å². The maximum absolute atomic E-state index is 10.7. The normalized spacial score (nSPS) is 24.1. The molecule has 1 unspecified atom stereocenters. The van der Waals surface area contributed by atoms with Gasteiger partial charge in [0, 0.05) is 18.5 Å². The minimum atomic E-state index is 0.476. The second kappa shape index (κ2) is 5.23. The van der Waals surface area contributed by atoms with Crippen LogP contribution in [0.15, 0.2) is 24.3 Å². The van der Waals surface area contributed by atoms with Crippen LogP contribution in [0.4, 0.5) is 0 Å². The number of hydrogen-bond acceptors (Lipinski definition) is 1. The van der Waals surface area contributed by atoms with Crippen molar-refractivity contribution in [1.82, 2.24) is 4.90 Å². The maximum atomic E-state index is 10.7. The molecule has 1 saturated heterocycles. The first-order valence-electron chi connectivity index (χ1n) is 7.88. The van der Waals surface area contributed by atoms with Crippen LogP contribution in [0.1, 0.15) is 50.2 Å². The number of hydrogen-bond donors (Lipinski definition) is 0. The molecule has 1 amide bonds. The van der Waals surface area contributed by atoms with Crippen LogP contribution in [-0.4, -0.2) is 24.4 Å². The van der Waals surface area contributed by atoms with Gasteiger partial charge in [-0.15, -0.1) is 0 Å². The molecule has 0 N–H and O–H groups in total. The van der Waals surface area contributed by atoms with Crippen LogP contribution < -0.4 is 0 Å². The first kappa shape index (κ1) is 13.7. The molecule has 1 atom stereocenters. The molecule has 0 bridgehead atoms. The molecule has 108 valence electrons. The van der Waals surface area contributed by atoms with Gasteiger partial charge in [-0.1, -0.05) is 38.1 Å². The Hall–Kier alpha value is -1.31. The van der Waals surface area contributed by atoms with Gasteiger partial charge in [0.1, 0.15) is 0 Å². The molecular formula is C18H25NO. The van der Waals surface area contributed by atoms with E-state index in [2.05, 4.69) is 38.1 Å². The predicted octanol–water partition coefficient (Wildman–Crippen LogP) is 3.61. The number of carbonyl (C=O) groups excluding carboxylic acids is 1. The van der Waals surface area contributed by atoms with Crippen molar-refractivity contribution >= 4 is 6.41 Å². The van der Waals surface area contributed by atoms with E-state index >= 15 is 0 Å². The number of nitrogens with zero attached hydrogens (tertiary/aromatic N) is 1. The molecule has 0 aromatic heterocycles. The monoisotopic (exact) mass is 271 g/mol. The summed E-state index contributed by atoms with van der Waals surface area (Å²) in [7, 11) is 0. The van der Waals surface area contributed by atoms with E-state index in [1.165, 1.54) is 36.8 Å².